The van der Waals surface area contributed by atoms with Crippen LogP contribution in [-0.2, 0) is 0 Å². The number of piperazine rings is 1. The molecule has 0 spiro atoms. The Balaban J connectivity index is 2.25. The van der Waals surface area contributed by atoms with Crippen LogP contribution in [0.25, 0.3) is 0 Å². The summed E-state index contributed by atoms with van der Waals surface area (Å²) < 4.78 is 0. The molecule has 1 unspecified atom stereocenters. The summed E-state index contributed by atoms with van der Waals surface area (Å²) in [5.41, 5.74) is 1.35. The van der Waals surface area contributed by atoms with Gasteiger partial charge < -0.3 is 4.90 Å². The molecule has 3 heteroatoms. The van der Waals surface area contributed by atoms with E-state index < -0.39 is 0 Å². The lowest BCUT2D eigenvalue weighted by Gasteiger charge is -2.51. The lowest BCUT2D eigenvalue weighted by Crippen LogP contribution is -2.62. The summed E-state index contributed by atoms with van der Waals surface area (Å²) in [7, 11) is 2.12. The minimum absolute atomic E-state index is 0.0993. The van der Waals surface area contributed by atoms with Gasteiger partial charge in [-0.25, -0.2) is 0 Å². The fraction of sp³-hybridized carbons (Fsp3) is 0.533. The van der Waals surface area contributed by atoms with Crippen LogP contribution in [0.3, 0.4) is 0 Å². The van der Waals surface area contributed by atoms with Gasteiger partial charge >= 0.3 is 0 Å². The zero-order chi connectivity index (χ0) is 13.2. The number of para-hydroxylation sites is 1. The van der Waals surface area contributed by atoms with E-state index in [9.17, 15) is 0 Å². The van der Waals surface area contributed by atoms with Crippen molar-refractivity contribution in [2.75, 3.05) is 25.0 Å². The van der Waals surface area contributed by atoms with Crippen LogP contribution >= 0.6 is 0 Å². The van der Waals surface area contributed by atoms with Crippen molar-refractivity contribution in [3.63, 3.8) is 0 Å². The van der Waals surface area contributed by atoms with Crippen molar-refractivity contribution in [2.45, 2.75) is 31.8 Å². The highest BCUT2D eigenvalue weighted by Crippen LogP contribution is 2.30. The van der Waals surface area contributed by atoms with Crippen LogP contribution in [0.1, 0.15) is 20.3 Å². The SMILES string of the molecule is CN1CC(C)(C)N(c2ccccc2)CC1CC#N. The Bertz CT molecular complexity index is 433. The molecule has 1 saturated heterocycles. The molecule has 1 atom stereocenters. The monoisotopic (exact) mass is 243 g/mol. The third-order valence-corrected chi connectivity index (χ3v) is 3.78. The van der Waals surface area contributed by atoms with Crippen molar-refractivity contribution >= 4 is 5.69 Å². The van der Waals surface area contributed by atoms with Gasteiger partial charge in [-0.2, -0.15) is 5.26 Å². The highest BCUT2D eigenvalue weighted by Gasteiger charge is 2.37. The van der Waals surface area contributed by atoms with Gasteiger partial charge in [-0.05, 0) is 33.0 Å². The molecular formula is C15H21N3. The lowest BCUT2D eigenvalue weighted by molar-refractivity contribution is 0.153. The molecule has 3 nitrogen and oxygen atoms in total. The lowest BCUT2D eigenvalue weighted by atomic mass is 9.94. The highest BCUT2D eigenvalue weighted by atomic mass is 15.3. The Hall–Kier alpha value is -1.53. The van der Waals surface area contributed by atoms with Crippen molar-refractivity contribution in [3.8, 4) is 6.07 Å². The van der Waals surface area contributed by atoms with Gasteiger partial charge in [0.15, 0.2) is 0 Å². The number of likely N-dealkylation sites (N-methyl/N-ethyl adjacent to an activating group) is 1. The first kappa shape index (κ1) is 12.9. The van der Waals surface area contributed by atoms with Crippen LogP contribution in [0.15, 0.2) is 30.3 Å². The van der Waals surface area contributed by atoms with E-state index in [1.807, 2.05) is 6.07 Å². The zero-order valence-corrected chi connectivity index (χ0v) is 11.4. The van der Waals surface area contributed by atoms with Gasteiger partial charge in [-0.15, -0.1) is 0 Å². The van der Waals surface area contributed by atoms with Gasteiger partial charge in [-0.1, -0.05) is 18.2 Å². The van der Waals surface area contributed by atoms with Gasteiger partial charge in [0.1, 0.15) is 0 Å². The second-order valence-electron chi connectivity index (χ2n) is 5.69. The van der Waals surface area contributed by atoms with Crippen molar-refractivity contribution in [3.05, 3.63) is 30.3 Å². The smallest absolute Gasteiger partial charge is 0.0638 e. The average molecular weight is 243 g/mol. The summed E-state index contributed by atoms with van der Waals surface area (Å²) in [6.45, 7) is 6.42. The first-order chi connectivity index (χ1) is 8.54. The fourth-order valence-corrected chi connectivity index (χ4v) is 2.81. The molecule has 96 valence electrons. The van der Waals surface area contributed by atoms with E-state index in [4.69, 9.17) is 5.26 Å². The fourth-order valence-electron chi connectivity index (χ4n) is 2.81. The Kier molecular flexibility index (Phi) is 3.58. The van der Waals surface area contributed by atoms with E-state index in [2.05, 4.69) is 61.0 Å². The summed E-state index contributed by atoms with van der Waals surface area (Å²) in [6, 6.07) is 13.1. The minimum atomic E-state index is 0.0993. The van der Waals surface area contributed by atoms with Crippen molar-refractivity contribution < 1.29 is 0 Å². The largest absolute Gasteiger partial charge is 0.364 e. The average Bonchev–Trinajstić information content (AvgIpc) is 2.33. The molecule has 0 bridgehead atoms. The number of hydrogen-bond donors (Lipinski definition) is 0. The van der Waals surface area contributed by atoms with Gasteiger partial charge in [-0.3, -0.25) is 4.90 Å². The molecule has 0 saturated carbocycles. The topological polar surface area (TPSA) is 30.3 Å². The summed E-state index contributed by atoms with van der Waals surface area (Å²) in [5.74, 6) is 0. The molecule has 18 heavy (non-hydrogen) atoms. The standard InChI is InChI=1S/C15H21N3/c1-15(2)12-17(3)14(9-10-16)11-18(15)13-7-5-4-6-8-13/h4-8,14H,9,11-12H2,1-3H3. The molecule has 2 rings (SSSR count). The highest BCUT2D eigenvalue weighted by molar-refractivity contribution is 5.49. The maximum atomic E-state index is 8.93. The number of anilines is 1. The third-order valence-electron chi connectivity index (χ3n) is 3.78. The molecule has 0 radical (unpaired) electrons. The molecule has 1 aromatic rings. The second-order valence-corrected chi connectivity index (χ2v) is 5.69. The van der Waals surface area contributed by atoms with Crippen LogP contribution in [-0.4, -0.2) is 36.6 Å². The quantitative estimate of drug-likeness (QED) is 0.799. The predicted molar refractivity (Wildman–Crippen MR) is 74.5 cm³/mol. The van der Waals surface area contributed by atoms with Crippen molar-refractivity contribution in [1.29, 1.82) is 5.26 Å². The third kappa shape index (κ3) is 2.49. The number of hydrogen-bond acceptors (Lipinski definition) is 3. The number of rotatable bonds is 2. The molecule has 1 aliphatic rings. The van der Waals surface area contributed by atoms with E-state index in [-0.39, 0.29) is 5.54 Å². The zero-order valence-electron chi connectivity index (χ0n) is 11.4. The van der Waals surface area contributed by atoms with E-state index >= 15 is 0 Å². The molecule has 0 aromatic heterocycles. The van der Waals surface area contributed by atoms with Crippen LogP contribution in [0.4, 0.5) is 5.69 Å². The van der Waals surface area contributed by atoms with E-state index in [1.165, 1.54) is 5.69 Å². The molecule has 0 N–H and O–H groups in total. The summed E-state index contributed by atoms with van der Waals surface area (Å²) in [4.78, 5) is 4.73. The molecule has 1 heterocycles. The summed E-state index contributed by atoms with van der Waals surface area (Å²) in [6.07, 6.45) is 0.593. The van der Waals surface area contributed by atoms with Crippen molar-refractivity contribution in [2.24, 2.45) is 0 Å². The second kappa shape index (κ2) is 4.99. The molecule has 1 aliphatic heterocycles. The first-order valence-electron chi connectivity index (χ1n) is 6.44. The molecular weight excluding hydrogens is 222 g/mol. The van der Waals surface area contributed by atoms with Gasteiger partial charge in [0, 0.05) is 30.4 Å². The van der Waals surface area contributed by atoms with Gasteiger partial charge in [0.2, 0.25) is 0 Å². The molecule has 1 fully saturated rings. The first-order valence-corrected chi connectivity index (χ1v) is 6.44. The molecule has 1 aromatic carbocycles. The van der Waals surface area contributed by atoms with E-state index in [0.29, 0.717) is 12.5 Å². The summed E-state index contributed by atoms with van der Waals surface area (Å²) >= 11 is 0. The van der Waals surface area contributed by atoms with E-state index in [0.717, 1.165) is 13.1 Å². The van der Waals surface area contributed by atoms with Gasteiger partial charge in [0.25, 0.3) is 0 Å². The van der Waals surface area contributed by atoms with Crippen LogP contribution in [0.2, 0.25) is 0 Å². The minimum Gasteiger partial charge on any atom is -0.364 e. The Morgan fingerprint density at radius 1 is 1.33 bits per heavy atom. The van der Waals surface area contributed by atoms with Crippen LogP contribution in [0, 0.1) is 11.3 Å². The predicted octanol–water partition coefficient (Wildman–Crippen LogP) is 2.50. The Labute approximate surface area is 110 Å². The Morgan fingerprint density at radius 2 is 2.00 bits per heavy atom. The van der Waals surface area contributed by atoms with Crippen molar-refractivity contribution in [1.82, 2.24) is 4.90 Å². The van der Waals surface area contributed by atoms with E-state index in [1.54, 1.807) is 0 Å². The number of nitriles is 1. The summed E-state index contributed by atoms with van der Waals surface area (Å²) in [5, 5.41) is 8.93. The Morgan fingerprint density at radius 3 is 2.61 bits per heavy atom. The number of nitrogens with zero attached hydrogens (tertiary/aromatic N) is 3. The maximum Gasteiger partial charge on any atom is 0.0638 e. The number of benzene rings is 1. The van der Waals surface area contributed by atoms with Gasteiger partial charge in [0.05, 0.1) is 12.5 Å². The molecule has 0 aliphatic carbocycles. The maximum absolute atomic E-state index is 8.93. The molecule has 0 amide bonds. The normalized spacial score (nSPS) is 23.7. The van der Waals surface area contributed by atoms with Crippen LogP contribution in [0.5, 0.6) is 0 Å². The van der Waals surface area contributed by atoms with Crippen LogP contribution < -0.4 is 4.90 Å².